The maximum Gasteiger partial charge on any atom is 0.248 e. The quantitative estimate of drug-likeness (QED) is 0.765. The summed E-state index contributed by atoms with van der Waals surface area (Å²) in [6, 6.07) is 5.84. The fraction of sp³-hybridized carbons (Fsp3) is 0.100. The lowest BCUT2D eigenvalue weighted by molar-refractivity contribution is -0.112. The smallest absolute Gasteiger partial charge is 0.248 e. The topological polar surface area (TPSA) is 77.2 Å². The van der Waals surface area contributed by atoms with Gasteiger partial charge in [-0.1, -0.05) is 18.7 Å². The van der Waals surface area contributed by atoms with Crippen LogP contribution >= 0.6 is 0 Å². The molecule has 1 rings (SSSR count). The van der Waals surface area contributed by atoms with Crippen LogP contribution in [0.1, 0.15) is 5.56 Å². The summed E-state index contributed by atoms with van der Waals surface area (Å²) in [6.07, 6.45) is 1.12. The van der Waals surface area contributed by atoms with Crippen LogP contribution in [0.15, 0.2) is 35.7 Å². The number of amides is 1. The number of carbonyl (C=O) groups is 1. The Hall–Kier alpha value is -1.62. The molecule has 80 valence electrons. The van der Waals surface area contributed by atoms with Crippen LogP contribution in [0.5, 0.6) is 0 Å². The van der Waals surface area contributed by atoms with Crippen molar-refractivity contribution in [3.63, 3.8) is 0 Å². The highest BCUT2D eigenvalue weighted by atomic mass is 32.2. The van der Waals surface area contributed by atoms with Crippen molar-refractivity contribution < 1.29 is 13.2 Å². The van der Waals surface area contributed by atoms with Crippen molar-refractivity contribution in [3.05, 3.63) is 36.4 Å². The van der Waals surface area contributed by atoms with E-state index in [1.54, 1.807) is 0 Å². The monoisotopic (exact) mass is 225 g/mol. The Morgan fingerprint density at radius 2 is 1.73 bits per heavy atom. The molecule has 0 aliphatic carbocycles. The third-order valence-corrected chi connectivity index (χ3v) is 3.06. The van der Waals surface area contributed by atoms with Crippen LogP contribution in [-0.2, 0) is 14.6 Å². The van der Waals surface area contributed by atoms with Gasteiger partial charge in [0.05, 0.1) is 4.90 Å². The maximum absolute atomic E-state index is 11.1. The second-order valence-electron chi connectivity index (χ2n) is 3.14. The summed E-state index contributed by atoms with van der Waals surface area (Å²) in [6.45, 7) is 3.49. The van der Waals surface area contributed by atoms with Gasteiger partial charge >= 0.3 is 0 Å². The summed E-state index contributed by atoms with van der Waals surface area (Å²) in [5.74, 6) is -0.623. The highest BCUT2D eigenvalue weighted by Gasteiger charge is 2.09. The van der Waals surface area contributed by atoms with Crippen LogP contribution in [-0.4, -0.2) is 20.6 Å². The van der Waals surface area contributed by atoms with E-state index in [9.17, 15) is 13.2 Å². The Bertz CT molecular complexity index is 500. The second-order valence-corrected chi connectivity index (χ2v) is 5.16. The van der Waals surface area contributed by atoms with Crippen molar-refractivity contribution in [2.75, 3.05) is 6.26 Å². The minimum atomic E-state index is -3.21. The van der Waals surface area contributed by atoms with Gasteiger partial charge in [0.25, 0.3) is 0 Å². The third-order valence-electron chi connectivity index (χ3n) is 1.93. The summed E-state index contributed by atoms with van der Waals surface area (Å²) in [4.78, 5) is 11.0. The first-order valence-electron chi connectivity index (χ1n) is 4.11. The van der Waals surface area contributed by atoms with Crippen LogP contribution in [0, 0.1) is 0 Å². The van der Waals surface area contributed by atoms with Crippen LogP contribution in [0.2, 0.25) is 0 Å². The molecule has 1 aromatic rings. The molecule has 0 aliphatic rings. The number of carbonyl (C=O) groups excluding carboxylic acids is 1. The highest BCUT2D eigenvalue weighted by Crippen LogP contribution is 2.15. The SMILES string of the molecule is C=C(C(N)=O)c1ccc(S(C)(=O)=O)cc1. The summed E-state index contributed by atoms with van der Waals surface area (Å²) < 4.78 is 22.3. The lowest BCUT2D eigenvalue weighted by atomic mass is 10.1. The van der Waals surface area contributed by atoms with Crippen molar-refractivity contribution >= 4 is 21.3 Å². The predicted octanol–water partition coefficient (Wildman–Crippen LogP) is 0.589. The lowest BCUT2D eigenvalue weighted by Gasteiger charge is -2.02. The van der Waals surface area contributed by atoms with Gasteiger partial charge in [-0.05, 0) is 17.7 Å². The molecule has 0 aromatic heterocycles. The molecule has 2 N–H and O–H groups in total. The van der Waals surface area contributed by atoms with Crippen LogP contribution in [0.4, 0.5) is 0 Å². The van der Waals surface area contributed by atoms with Gasteiger partial charge in [-0.15, -0.1) is 0 Å². The van der Waals surface area contributed by atoms with Gasteiger partial charge in [0, 0.05) is 11.8 Å². The molecule has 0 saturated carbocycles. The number of hydrogen-bond donors (Lipinski definition) is 1. The zero-order valence-electron chi connectivity index (χ0n) is 8.23. The van der Waals surface area contributed by atoms with Gasteiger partial charge in [0.2, 0.25) is 5.91 Å². The molecular weight excluding hydrogens is 214 g/mol. The van der Waals surface area contributed by atoms with Gasteiger partial charge < -0.3 is 5.73 Å². The standard InChI is InChI=1S/C10H11NO3S/c1-7(10(11)12)8-3-5-9(6-4-8)15(2,13)14/h3-6H,1H2,2H3,(H2,11,12). The first kappa shape index (κ1) is 11.5. The summed E-state index contributed by atoms with van der Waals surface area (Å²) in [5.41, 5.74) is 5.72. The van der Waals surface area contributed by atoms with Crippen LogP contribution in [0.25, 0.3) is 5.57 Å². The number of primary amides is 1. The Kier molecular flexibility index (Phi) is 2.95. The Morgan fingerprint density at radius 1 is 1.27 bits per heavy atom. The van der Waals surface area contributed by atoms with Crippen molar-refractivity contribution in [2.45, 2.75) is 4.90 Å². The molecule has 1 aromatic carbocycles. The van der Waals surface area contributed by atoms with Gasteiger partial charge in [0.1, 0.15) is 0 Å². The Labute approximate surface area is 88.3 Å². The first-order chi connectivity index (χ1) is 6.82. The summed E-state index contributed by atoms with van der Waals surface area (Å²) >= 11 is 0. The van der Waals surface area contributed by atoms with E-state index < -0.39 is 15.7 Å². The summed E-state index contributed by atoms with van der Waals surface area (Å²) in [5, 5.41) is 0. The Morgan fingerprint density at radius 3 is 2.07 bits per heavy atom. The average molecular weight is 225 g/mol. The van der Waals surface area contributed by atoms with Crippen LogP contribution in [0.3, 0.4) is 0 Å². The fourth-order valence-corrected chi connectivity index (χ4v) is 1.68. The van der Waals surface area contributed by atoms with E-state index in [0.29, 0.717) is 5.56 Å². The molecule has 0 radical (unpaired) electrons. The van der Waals surface area contributed by atoms with E-state index in [1.165, 1.54) is 24.3 Å². The number of nitrogens with two attached hydrogens (primary N) is 1. The Balaban J connectivity index is 3.12. The largest absolute Gasteiger partial charge is 0.366 e. The molecule has 0 fully saturated rings. The first-order valence-corrected chi connectivity index (χ1v) is 6.00. The highest BCUT2D eigenvalue weighted by molar-refractivity contribution is 7.90. The number of sulfone groups is 1. The van der Waals surface area contributed by atoms with E-state index in [0.717, 1.165) is 6.26 Å². The van der Waals surface area contributed by atoms with E-state index >= 15 is 0 Å². The minimum absolute atomic E-state index is 0.162. The zero-order valence-corrected chi connectivity index (χ0v) is 9.04. The fourth-order valence-electron chi connectivity index (χ4n) is 1.05. The van der Waals surface area contributed by atoms with E-state index in [-0.39, 0.29) is 10.5 Å². The molecule has 1 amide bonds. The van der Waals surface area contributed by atoms with Crippen molar-refractivity contribution in [2.24, 2.45) is 5.73 Å². The van der Waals surface area contributed by atoms with Crippen molar-refractivity contribution in [1.82, 2.24) is 0 Å². The van der Waals surface area contributed by atoms with Gasteiger partial charge in [-0.3, -0.25) is 4.79 Å². The lowest BCUT2D eigenvalue weighted by Crippen LogP contribution is -2.11. The molecule has 0 unspecified atom stereocenters. The molecule has 0 atom stereocenters. The molecule has 15 heavy (non-hydrogen) atoms. The van der Waals surface area contributed by atoms with Crippen LogP contribution < -0.4 is 5.73 Å². The molecule has 0 heterocycles. The molecule has 4 nitrogen and oxygen atoms in total. The summed E-state index contributed by atoms with van der Waals surface area (Å²) in [7, 11) is -3.21. The third kappa shape index (κ3) is 2.66. The van der Waals surface area contributed by atoms with Gasteiger partial charge in [-0.25, -0.2) is 8.42 Å². The normalized spacial score (nSPS) is 11.0. The molecule has 0 spiro atoms. The molecule has 5 heteroatoms. The van der Waals surface area contributed by atoms with Gasteiger partial charge in [0.15, 0.2) is 9.84 Å². The molecular formula is C10H11NO3S. The molecule has 0 aliphatic heterocycles. The van der Waals surface area contributed by atoms with Gasteiger partial charge in [-0.2, -0.15) is 0 Å². The molecule has 0 bridgehead atoms. The average Bonchev–Trinajstić information content (AvgIpc) is 2.15. The maximum atomic E-state index is 11.1. The predicted molar refractivity (Wildman–Crippen MR) is 57.8 cm³/mol. The van der Waals surface area contributed by atoms with E-state index in [2.05, 4.69) is 6.58 Å². The van der Waals surface area contributed by atoms with Crippen molar-refractivity contribution in [3.8, 4) is 0 Å². The number of hydrogen-bond acceptors (Lipinski definition) is 3. The van der Waals surface area contributed by atoms with E-state index in [1.807, 2.05) is 0 Å². The number of rotatable bonds is 3. The van der Waals surface area contributed by atoms with E-state index in [4.69, 9.17) is 5.73 Å². The number of benzene rings is 1. The van der Waals surface area contributed by atoms with Crippen molar-refractivity contribution in [1.29, 1.82) is 0 Å². The minimum Gasteiger partial charge on any atom is -0.366 e. The zero-order chi connectivity index (χ0) is 11.6. The second kappa shape index (κ2) is 3.86. The molecule has 0 saturated heterocycles.